The minimum Gasteiger partial charge on any atom is -0.484 e. The van der Waals surface area contributed by atoms with Crippen LogP contribution in [0, 0.1) is 10.1 Å². The quantitative estimate of drug-likeness (QED) is 0.212. The third-order valence-corrected chi connectivity index (χ3v) is 4.48. The molecule has 0 radical (unpaired) electrons. The maximum absolute atomic E-state index is 12.1. The number of hydrogen-bond acceptors (Lipinski definition) is 12. The molecule has 0 aliphatic rings. The van der Waals surface area contributed by atoms with Crippen molar-refractivity contribution in [3.05, 3.63) is 76.1 Å². The van der Waals surface area contributed by atoms with Gasteiger partial charge in [0.1, 0.15) is 12.1 Å². The normalized spacial score (nSPS) is 10.1. The van der Waals surface area contributed by atoms with Gasteiger partial charge in [-0.1, -0.05) is 18.2 Å². The van der Waals surface area contributed by atoms with Gasteiger partial charge in [-0.15, -0.1) is 0 Å². The van der Waals surface area contributed by atoms with Crippen LogP contribution >= 0.6 is 0 Å². The summed E-state index contributed by atoms with van der Waals surface area (Å²) in [5.74, 6) is -2.28. The molecule has 0 saturated heterocycles. The van der Waals surface area contributed by atoms with E-state index in [9.17, 15) is 24.5 Å². The number of esters is 2. The minimum absolute atomic E-state index is 0.0105. The van der Waals surface area contributed by atoms with Crippen molar-refractivity contribution in [1.82, 2.24) is 15.4 Å². The lowest BCUT2D eigenvalue weighted by atomic mass is 10.1. The predicted molar refractivity (Wildman–Crippen MR) is 125 cm³/mol. The minimum atomic E-state index is -0.775. The highest BCUT2D eigenvalue weighted by Gasteiger charge is 2.24. The number of carbonyl (C=O) groups is 3. The number of carbonyl (C=O) groups excluding carboxylic acids is 3. The summed E-state index contributed by atoms with van der Waals surface area (Å²) in [5, 5.41) is 14.5. The van der Waals surface area contributed by atoms with Gasteiger partial charge < -0.3 is 19.5 Å². The third kappa shape index (κ3) is 6.40. The van der Waals surface area contributed by atoms with E-state index in [1.54, 1.807) is 30.3 Å². The number of benzene rings is 2. The molecule has 0 aliphatic carbocycles. The van der Waals surface area contributed by atoms with E-state index in [0.717, 1.165) is 20.5 Å². The van der Waals surface area contributed by atoms with E-state index < -0.39 is 28.5 Å². The number of amides is 1. The Kier molecular flexibility index (Phi) is 8.26. The van der Waals surface area contributed by atoms with Crippen LogP contribution in [0.1, 0.15) is 20.7 Å². The van der Waals surface area contributed by atoms with Crippen LogP contribution in [0.25, 0.3) is 0 Å². The van der Waals surface area contributed by atoms with Gasteiger partial charge in [0.05, 0.1) is 30.3 Å². The molecule has 0 aliphatic heterocycles. The molecule has 0 saturated carbocycles. The van der Waals surface area contributed by atoms with Crippen LogP contribution in [0.4, 0.5) is 23.0 Å². The van der Waals surface area contributed by atoms with Crippen molar-refractivity contribution in [2.24, 2.45) is 0 Å². The van der Waals surface area contributed by atoms with Crippen LogP contribution in [0.3, 0.4) is 0 Å². The topological polar surface area (TPSA) is 184 Å². The standard InChI is InChI=1S/C22H20N6O8/c1-34-21(30)13-8-14(22(31)35-2)10-15(9-13)25-19-18(28(32)33)20(24-12-23-19)27-26-17(29)11-36-16-6-4-3-5-7-16/h3-10,12H,11H2,1-2H3,(H,26,29)(H2,23,24,25,27). The van der Waals surface area contributed by atoms with E-state index in [1.807, 2.05) is 0 Å². The van der Waals surface area contributed by atoms with Gasteiger partial charge in [0.15, 0.2) is 6.61 Å². The van der Waals surface area contributed by atoms with E-state index >= 15 is 0 Å². The summed E-state index contributed by atoms with van der Waals surface area (Å²) in [6.07, 6.45) is 1.01. The number of hydrazine groups is 1. The van der Waals surface area contributed by atoms with Crippen molar-refractivity contribution in [2.45, 2.75) is 0 Å². The van der Waals surface area contributed by atoms with Gasteiger partial charge >= 0.3 is 17.6 Å². The smallest absolute Gasteiger partial charge is 0.355 e. The Hall–Kier alpha value is -5.27. The predicted octanol–water partition coefficient (Wildman–Crippen LogP) is 2.22. The monoisotopic (exact) mass is 496 g/mol. The largest absolute Gasteiger partial charge is 0.484 e. The lowest BCUT2D eigenvalue weighted by Crippen LogP contribution is -2.34. The van der Waals surface area contributed by atoms with Crippen LogP contribution in [0.15, 0.2) is 54.9 Å². The van der Waals surface area contributed by atoms with Crippen LogP contribution < -0.4 is 20.9 Å². The zero-order valence-electron chi connectivity index (χ0n) is 19.0. The Morgan fingerprint density at radius 1 is 0.944 bits per heavy atom. The summed E-state index contributed by atoms with van der Waals surface area (Å²) in [7, 11) is 2.32. The molecule has 0 atom stereocenters. The molecule has 0 unspecified atom stereocenters. The first-order valence-electron chi connectivity index (χ1n) is 10.1. The highest BCUT2D eigenvalue weighted by atomic mass is 16.6. The molecule has 0 fully saturated rings. The molecule has 3 N–H and O–H groups in total. The maximum Gasteiger partial charge on any atom is 0.355 e. The van der Waals surface area contributed by atoms with Crippen LogP contribution in [0.5, 0.6) is 5.75 Å². The molecular formula is C22H20N6O8. The van der Waals surface area contributed by atoms with E-state index in [2.05, 4.69) is 35.6 Å². The molecule has 186 valence electrons. The molecule has 36 heavy (non-hydrogen) atoms. The summed E-state index contributed by atoms with van der Waals surface area (Å²) in [5.41, 5.74) is 4.10. The molecular weight excluding hydrogens is 476 g/mol. The van der Waals surface area contributed by atoms with Crippen LogP contribution in [-0.2, 0) is 14.3 Å². The van der Waals surface area contributed by atoms with Crippen LogP contribution in [0.2, 0.25) is 0 Å². The molecule has 1 heterocycles. The van der Waals surface area contributed by atoms with Crippen molar-refractivity contribution in [3.8, 4) is 5.75 Å². The lowest BCUT2D eigenvalue weighted by molar-refractivity contribution is -0.383. The zero-order valence-corrected chi connectivity index (χ0v) is 19.0. The molecule has 0 spiro atoms. The van der Waals surface area contributed by atoms with Gasteiger partial charge in [-0.05, 0) is 30.3 Å². The van der Waals surface area contributed by atoms with Gasteiger partial charge in [0.25, 0.3) is 5.91 Å². The molecule has 3 rings (SSSR count). The number of nitrogens with one attached hydrogen (secondary N) is 3. The molecule has 3 aromatic rings. The number of nitro groups is 1. The summed E-state index contributed by atoms with van der Waals surface area (Å²) in [6, 6.07) is 12.4. The summed E-state index contributed by atoms with van der Waals surface area (Å²) in [6.45, 7) is -0.363. The molecule has 1 amide bonds. The first-order chi connectivity index (χ1) is 17.3. The number of aromatic nitrogens is 2. The number of methoxy groups -OCH3 is 2. The number of rotatable bonds is 10. The number of nitrogens with zero attached hydrogens (tertiary/aromatic N) is 3. The Balaban J connectivity index is 1.81. The van der Waals surface area contributed by atoms with E-state index in [1.165, 1.54) is 18.2 Å². The van der Waals surface area contributed by atoms with Gasteiger partial charge in [-0.2, -0.15) is 0 Å². The number of ether oxygens (including phenoxy) is 3. The van der Waals surface area contributed by atoms with E-state index in [4.69, 9.17) is 4.74 Å². The Bertz CT molecular complexity index is 1250. The molecule has 1 aromatic heterocycles. The van der Waals surface area contributed by atoms with Gasteiger partial charge in [0.2, 0.25) is 11.6 Å². The van der Waals surface area contributed by atoms with Crippen LogP contribution in [-0.4, -0.2) is 53.6 Å². The number of hydrogen-bond donors (Lipinski definition) is 3. The second-order valence-electron chi connectivity index (χ2n) is 6.86. The maximum atomic E-state index is 12.1. The van der Waals surface area contributed by atoms with Gasteiger partial charge in [0, 0.05) is 5.69 Å². The Labute approximate surface area is 203 Å². The lowest BCUT2D eigenvalue weighted by Gasteiger charge is -2.12. The van der Waals surface area contributed by atoms with Crippen molar-refractivity contribution >= 4 is 40.9 Å². The van der Waals surface area contributed by atoms with Crippen molar-refractivity contribution < 1.29 is 33.5 Å². The summed E-state index contributed by atoms with van der Waals surface area (Å²) < 4.78 is 14.7. The first-order valence-corrected chi connectivity index (χ1v) is 10.1. The average molecular weight is 496 g/mol. The summed E-state index contributed by atoms with van der Waals surface area (Å²) in [4.78, 5) is 54.8. The number of anilines is 3. The SMILES string of the molecule is COC(=O)c1cc(Nc2ncnc(NNC(=O)COc3ccccc3)c2[N+](=O)[O-])cc(C(=O)OC)c1. The molecule has 0 bridgehead atoms. The Morgan fingerprint density at radius 3 is 2.14 bits per heavy atom. The fourth-order valence-electron chi connectivity index (χ4n) is 2.87. The average Bonchev–Trinajstić information content (AvgIpc) is 2.89. The highest BCUT2D eigenvalue weighted by Crippen LogP contribution is 2.31. The second kappa shape index (κ2) is 11.7. The van der Waals surface area contributed by atoms with Gasteiger partial charge in [-0.25, -0.2) is 19.6 Å². The Morgan fingerprint density at radius 2 is 1.56 bits per heavy atom. The summed E-state index contributed by atoms with van der Waals surface area (Å²) >= 11 is 0. The fourth-order valence-corrected chi connectivity index (χ4v) is 2.87. The van der Waals surface area contributed by atoms with Crippen molar-refractivity contribution in [3.63, 3.8) is 0 Å². The molecule has 14 nitrogen and oxygen atoms in total. The molecule has 2 aromatic carbocycles. The van der Waals surface area contributed by atoms with Crippen molar-refractivity contribution in [2.75, 3.05) is 31.6 Å². The highest BCUT2D eigenvalue weighted by molar-refractivity contribution is 5.97. The second-order valence-corrected chi connectivity index (χ2v) is 6.86. The van der Waals surface area contributed by atoms with E-state index in [0.29, 0.717) is 5.75 Å². The zero-order chi connectivity index (χ0) is 26.1. The third-order valence-electron chi connectivity index (χ3n) is 4.48. The fraction of sp³-hybridized carbons (Fsp3) is 0.136. The van der Waals surface area contributed by atoms with Gasteiger partial charge in [-0.3, -0.25) is 25.8 Å². The van der Waals surface area contributed by atoms with E-state index in [-0.39, 0.29) is 35.1 Å². The molecule has 14 heteroatoms. The van der Waals surface area contributed by atoms with Crippen molar-refractivity contribution in [1.29, 1.82) is 0 Å². The number of para-hydroxylation sites is 1. The first kappa shape index (κ1) is 25.4.